The Morgan fingerprint density at radius 1 is 0.837 bits per heavy atom. The van der Waals surface area contributed by atoms with Crippen LogP contribution in [0.2, 0.25) is 0 Å². The molecule has 3 aromatic carbocycles. The van der Waals surface area contributed by atoms with Crippen LogP contribution < -0.4 is 4.74 Å². The number of phenols is 1. The molecule has 0 saturated carbocycles. The number of aliphatic hydroxyl groups is 1. The van der Waals surface area contributed by atoms with E-state index in [1.807, 2.05) is 68.1 Å². The Bertz CT molecular complexity index is 1370. The first-order valence-corrected chi connectivity index (χ1v) is 15.3. The second kappa shape index (κ2) is 13.7. The average Bonchev–Trinajstić information content (AvgIpc) is 3.56. The SMILES string of the molecule is CC(C)(C)OC(=O)N1CC2CN(CCOc3ccc(/C(=C(/CCCO)c4ccccc4)c4ccc(O)cc4)cc3)CC2C1. The molecule has 2 N–H and O–H groups in total. The molecule has 2 unspecified atom stereocenters. The quantitative estimate of drug-likeness (QED) is 0.272. The number of nitrogens with zero attached hydrogens (tertiary/aromatic N) is 2. The van der Waals surface area contributed by atoms with Gasteiger partial charge in [0.05, 0.1) is 0 Å². The van der Waals surface area contributed by atoms with Gasteiger partial charge in [0.15, 0.2) is 0 Å². The number of rotatable bonds is 10. The summed E-state index contributed by atoms with van der Waals surface area (Å²) < 4.78 is 11.7. The summed E-state index contributed by atoms with van der Waals surface area (Å²) in [5.74, 6) is 2.02. The first-order chi connectivity index (χ1) is 20.7. The van der Waals surface area contributed by atoms with Crippen LogP contribution in [0.5, 0.6) is 11.5 Å². The summed E-state index contributed by atoms with van der Waals surface area (Å²) in [6, 6.07) is 25.8. The predicted molar refractivity (Wildman–Crippen MR) is 170 cm³/mol. The highest BCUT2D eigenvalue weighted by Gasteiger charge is 2.42. The number of benzene rings is 3. The molecule has 7 nitrogen and oxygen atoms in total. The van der Waals surface area contributed by atoms with Gasteiger partial charge < -0.3 is 24.6 Å². The number of likely N-dealkylation sites (tertiary alicyclic amines) is 2. The van der Waals surface area contributed by atoms with E-state index >= 15 is 0 Å². The van der Waals surface area contributed by atoms with Gasteiger partial charge in [0.25, 0.3) is 0 Å². The van der Waals surface area contributed by atoms with Crippen LogP contribution in [0, 0.1) is 11.8 Å². The van der Waals surface area contributed by atoms with Crippen molar-refractivity contribution in [3.63, 3.8) is 0 Å². The number of fused-ring (bicyclic) bond motifs is 1. The van der Waals surface area contributed by atoms with Gasteiger partial charge in [-0.1, -0.05) is 54.6 Å². The van der Waals surface area contributed by atoms with Crippen molar-refractivity contribution in [1.82, 2.24) is 9.80 Å². The Kier molecular flexibility index (Phi) is 9.73. The zero-order valence-corrected chi connectivity index (χ0v) is 25.5. The van der Waals surface area contributed by atoms with Gasteiger partial charge in [0.2, 0.25) is 0 Å². The Hall–Kier alpha value is -3.81. The van der Waals surface area contributed by atoms with Gasteiger partial charge in [-0.2, -0.15) is 0 Å². The molecule has 2 aliphatic rings. The number of carbonyl (C=O) groups is 1. The van der Waals surface area contributed by atoms with Crippen LogP contribution >= 0.6 is 0 Å². The molecule has 0 spiro atoms. The number of carbonyl (C=O) groups excluding carboxylic acids is 1. The van der Waals surface area contributed by atoms with Gasteiger partial charge in [-0.05, 0) is 97.6 Å². The van der Waals surface area contributed by atoms with Crippen molar-refractivity contribution in [1.29, 1.82) is 0 Å². The second-order valence-corrected chi connectivity index (χ2v) is 12.6. The molecular weight excluding hydrogens is 540 g/mol. The Labute approximate surface area is 255 Å². The maximum Gasteiger partial charge on any atom is 0.410 e. The molecule has 0 bridgehead atoms. The molecule has 2 aliphatic heterocycles. The molecule has 2 saturated heterocycles. The zero-order valence-electron chi connectivity index (χ0n) is 25.5. The highest BCUT2D eigenvalue weighted by molar-refractivity contribution is 5.98. The van der Waals surface area contributed by atoms with Crippen molar-refractivity contribution >= 4 is 17.2 Å². The molecule has 2 heterocycles. The predicted octanol–water partition coefficient (Wildman–Crippen LogP) is 6.30. The van der Waals surface area contributed by atoms with Crippen molar-refractivity contribution in [2.24, 2.45) is 11.8 Å². The lowest BCUT2D eigenvalue weighted by Crippen LogP contribution is -2.38. The number of aliphatic hydroxyl groups excluding tert-OH is 1. The minimum atomic E-state index is -0.468. The summed E-state index contributed by atoms with van der Waals surface area (Å²) in [7, 11) is 0. The Morgan fingerprint density at radius 3 is 2.02 bits per heavy atom. The summed E-state index contributed by atoms with van der Waals surface area (Å²) in [5.41, 5.74) is 4.94. The Morgan fingerprint density at radius 2 is 1.44 bits per heavy atom. The highest BCUT2D eigenvalue weighted by atomic mass is 16.6. The fraction of sp³-hybridized carbons (Fsp3) is 0.417. The second-order valence-electron chi connectivity index (χ2n) is 12.6. The lowest BCUT2D eigenvalue weighted by atomic mass is 9.87. The van der Waals surface area contributed by atoms with E-state index in [9.17, 15) is 15.0 Å². The van der Waals surface area contributed by atoms with Crippen LogP contribution in [0.3, 0.4) is 0 Å². The maximum atomic E-state index is 12.5. The van der Waals surface area contributed by atoms with Gasteiger partial charge in [0.1, 0.15) is 23.7 Å². The van der Waals surface area contributed by atoms with Crippen LogP contribution in [0.1, 0.15) is 50.3 Å². The van der Waals surface area contributed by atoms with E-state index in [0.717, 1.165) is 72.7 Å². The first-order valence-electron chi connectivity index (χ1n) is 15.3. The number of hydrogen-bond acceptors (Lipinski definition) is 6. The summed E-state index contributed by atoms with van der Waals surface area (Å²) in [6.07, 6.45) is 1.18. The molecule has 43 heavy (non-hydrogen) atoms. The first kappa shape index (κ1) is 30.6. The van der Waals surface area contributed by atoms with E-state index in [4.69, 9.17) is 9.47 Å². The molecular formula is C36H44N2O5. The smallest absolute Gasteiger partial charge is 0.410 e. The van der Waals surface area contributed by atoms with Crippen molar-refractivity contribution < 1.29 is 24.5 Å². The third-order valence-corrected chi connectivity index (χ3v) is 8.20. The fourth-order valence-corrected chi connectivity index (χ4v) is 6.21. The molecule has 0 aromatic heterocycles. The van der Waals surface area contributed by atoms with Gasteiger partial charge in [0, 0.05) is 39.3 Å². The lowest BCUT2D eigenvalue weighted by Gasteiger charge is -2.26. The molecule has 2 atom stereocenters. The topological polar surface area (TPSA) is 82.5 Å². The number of aromatic hydroxyl groups is 1. The maximum absolute atomic E-state index is 12.5. The van der Waals surface area contributed by atoms with Crippen molar-refractivity contribution in [3.8, 4) is 11.5 Å². The fourth-order valence-electron chi connectivity index (χ4n) is 6.21. The van der Waals surface area contributed by atoms with Crippen LogP contribution in [0.15, 0.2) is 78.9 Å². The molecule has 2 fully saturated rings. The summed E-state index contributed by atoms with van der Waals surface area (Å²) in [5, 5.41) is 19.6. The highest BCUT2D eigenvalue weighted by Crippen LogP contribution is 2.36. The minimum absolute atomic E-state index is 0.118. The van der Waals surface area contributed by atoms with Gasteiger partial charge >= 0.3 is 6.09 Å². The average molecular weight is 585 g/mol. The van der Waals surface area contributed by atoms with Crippen LogP contribution in [-0.4, -0.2) is 77.6 Å². The van der Waals surface area contributed by atoms with E-state index in [1.54, 1.807) is 12.1 Å². The minimum Gasteiger partial charge on any atom is -0.508 e. The molecule has 7 heteroatoms. The number of allylic oxidation sites excluding steroid dienone is 1. The van der Waals surface area contributed by atoms with Crippen LogP contribution in [-0.2, 0) is 4.74 Å². The zero-order chi connectivity index (χ0) is 30.4. The molecule has 0 aliphatic carbocycles. The Balaban J connectivity index is 1.23. The third-order valence-electron chi connectivity index (χ3n) is 8.20. The third kappa shape index (κ3) is 7.98. The summed E-state index contributed by atoms with van der Waals surface area (Å²) in [6.45, 7) is 10.8. The number of hydrogen-bond donors (Lipinski definition) is 2. The summed E-state index contributed by atoms with van der Waals surface area (Å²) in [4.78, 5) is 16.8. The van der Waals surface area contributed by atoms with E-state index < -0.39 is 5.60 Å². The molecule has 228 valence electrons. The number of ether oxygens (including phenoxy) is 2. The number of amides is 1. The summed E-state index contributed by atoms with van der Waals surface area (Å²) >= 11 is 0. The molecule has 5 rings (SSSR count). The van der Waals surface area contributed by atoms with E-state index in [-0.39, 0.29) is 18.4 Å². The molecule has 1 amide bonds. The van der Waals surface area contributed by atoms with Crippen molar-refractivity contribution in [3.05, 3.63) is 95.6 Å². The largest absolute Gasteiger partial charge is 0.508 e. The van der Waals surface area contributed by atoms with Gasteiger partial charge in [-0.15, -0.1) is 0 Å². The van der Waals surface area contributed by atoms with E-state index in [1.165, 1.54) is 0 Å². The van der Waals surface area contributed by atoms with Crippen LogP contribution in [0.25, 0.3) is 11.1 Å². The van der Waals surface area contributed by atoms with Gasteiger partial charge in [-0.25, -0.2) is 4.79 Å². The standard InChI is InChI=1S/C36H44N2O5/c1-36(2,3)43-35(41)38-24-29-22-37(23-30(29)25-38)19-21-42-32-17-13-28(14-18-32)34(27-11-15-31(40)16-12-27)33(10-7-20-39)26-8-5-4-6-9-26/h4-6,8-9,11-18,29-30,39-40H,7,10,19-25H2,1-3H3/b34-33-. The normalized spacial score (nSPS) is 19.2. The monoisotopic (exact) mass is 584 g/mol. The number of phenolic OH excluding ortho intramolecular Hbond substituents is 1. The van der Waals surface area contributed by atoms with Gasteiger partial charge in [-0.3, -0.25) is 4.90 Å². The van der Waals surface area contributed by atoms with E-state index in [0.29, 0.717) is 24.9 Å². The van der Waals surface area contributed by atoms with Crippen LogP contribution in [0.4, 0.5) is 4.79 Å². The van der Waals surface area contributed by atoms with E-state index in [2.05, 4.69) is 29.2 Å². The van der Waals surface area contributed by atoms with Crippen molar-refractivity contribution in [2.45, 2.75) is 39.2 Å². The molecule has 0 radical (unpaired) electrons. The lowest BCUT2D eigenvalue weighted by molar-refractivity contribution is 0.0273. The molecule has 3 aromatic rings. The van der Waals surface area contributed by atoms with Crippen molar-refractivity contribution in [2.75, 3.05) is 45.9 Å².